The van der Waals surface area contributed by atoms with Gasteiger partial charge in [-0.05, 0) is 24.5 Å². The van der Waals surface area contributed by atoms with Crippen molar-refractivity contribution in [2.24, 2.45) is 0 Å². The zero-order chi connectivity index (χ0) is 11.0. The van der Waals surface area contributed by atoms with E-state index in [1.807, 2.05) is 6.92 Å². The van der Waals surface area contributed by atoms with Crippen LogP contribution in [0.2, 0.25) is 0 Å². The Labute approximate surface area is 87.6 Å². The Bertz CT molecular complexity index is 431. The van der Waals surface area contributed by atoms with E-state index in [0.29, 0.717) is 25.0 Å². The molecule has 0 atom stereocenters. The van der Waals surface area contributed by atoms with Crippen molar-refractivity contribution in [1.82, 2.24) is 4.98 Å². The van der Waals surface area contributed by atoms with Gasteiger partial charge in [-0.3, -0.25) is 4.79 Å². The van der Waals surface area contributed by atoms with E-state index in [4.69, 9.17) is 0 Å². The van der Waals surface area contributed by atoms with Crippen LogP contribution in [0.3, 0.4) is 0 Å². The molecule has 0 unspecified atom stereocenters. The van der Waals surface area contributed by atoms with Crippen LogP contribution in [0.15, 0.2) is 0 Å². The molecule has 0 radical (unpaired) electrons. The standard InChI is InChI=1S/C11H13NO3/c1-6-8-5-7(13)3-4-9(8)12-10(6)11(14)15-2/h12H,3-5H2,1-2H3. The second-order valence-corrected chi connectivity index (χ2v) is 3.79. The molecular weight excluding hydrogens is 194 g/mol. The Morgan fingerprint density at radius 2 is 2.13 bits per heavy atom. The van der Waals surface area contributed by atoms with Gasteiger partial charge in [-0.2, -0.15) is 0 Å². The zero-order valence-corrected chi connectivity index (χ0v) is 8.85. The summed E-state index contributed by atoms with van der Waals surface area (Å²) in [6.07, 6.45) is 1.70. The third kappa shape index (κ3) is 1.56. The number of esters is 1. The number of carbonyl (C=O) groups excluding carboxylic acids is 2. The third-order valence-corrected chi connectivity index (χ3v) is 2.89. The Balaban J connectivity index is 2.45. The minimum atomic E-state index is -0.366. The van der Waals surface area contributed by atoms with E-state index in [1.54, 1.807) is 0 Å². The Kier molecular flexibility index (Phi) is 2.34. The lowest BCUT2D eigenvalue weighted by Gasteiger charge is -2.09. The summed E-state index contributed by atoms with van der Waals surface area (Å²) in [7, 11) is 1.35. The van der Waals surface area contributed by atoms with E-state index in [0.717, 1.165) is 16.8 Å². The van der Waals surface area contributed by atoms with Crippen molar-refractivity contribution in [3.63, 3.8) is 0 Å². The third-order valence-electron chi connectivity index (χ3n) is 2.89. The molecule has 1 aromatic heterocycles. The number of aromatic amines is 1. The van der Waals surface area contributed by atoms with Crippen LogP contribution in [0, 0.1) is 6.92 Å². The fraction of sp³-hybridized carbons (Fsp3) is 0.455. The number of aryl methyl sites for hydroxylation is 1. The predicted octanol–water partition coefficient (Wildman–Crippen LogP) is 1.17. The van der Waals surface area contributed by atoms with E-state index in [1.165, 1.54) is 7.11 Å². The number of fused-ring (bicyclic) bond motifs is 1. The molecule has 0 aromatic carbocycles. The number of Topliss-reactive ketones (excluding diaryl/α,β-unsaturated/α-hetero) is 1. The second-order valence-electron chi connectivity index (χ2n) is 3.79. The number of aromatic nitrogens is 1. The normalized spacial score (nSPS) is 14.9. The van der Waals surface area contributed by atoms with Crippen molar-refractivity contribution in [3.8, 4) is 0 Å². The van der Waals surface area contributed by atoms with Crippen LogP contribution >= 0.6 is 0 Å². The SMILES string of the molecule is COC(=O)c1[nH]c2c(c1C)CC(=O)CC2. The Morgan fingerprint density at radius 1 is 1.40 bits per heavy atom. The number of ketones is 1. The number of hydrogen-bond acceptors (Lipinski definition) is 3. The average molecular weight is 207 g/mol. The molecule has 2 rings (SSSR count). The van der Waals surface area contributed by atoms with Gasteiger partial charge in [0.2, 0.25) is 0 Å². The smallest absolute Gasteiger partial charge is 0.354 e. The van der Waals surface area contributed by atoms with Gasteiger partial charge in [-0.1, -0.05) is 0 Å². The maximum absolute atomic E-state index is 11.4. The molecule has 0 aliphatic heterocycles. The highest BCUT2D eigenvalue weighted by Gasteiger charge is 2.24. The number of carbonyl (C=O) groups is 2. The van der Waals surface area contributed by atoms with E-state index >= 15 is 0 Å². The molecule has 0 fully saturated rings. The van der Waals surface area contributed by atoms with Crippen LogP contribution in [0.5, 0.6) is 0 Å². The summed E-state index contributed by atoms with van der Waals surface area (Å²) in [5.74, 6) is -0.129. The molecule has 4 nitrogen and oxygen atoms in total. The minimum Gasteiger partial charge on any atom is -0.464 e. The summed E-state index contributed by atoms with van der Waals surface area (Å²) in [5, 5.41) is 0. The summed E-state index contributed by atoms with van der Waals surface area (Å²) < 4.78 is 4.67. The lowest BCUT2D eigenvalue weighted by molar-refractivity contribution is -0.118. The number of rotatable bonds is 1. The molecule has 1 aliphatic carbocycles. The first kappa shape index (κ1) is 9.96. The number of ether oxygens (including phenoxy) is 1. The summed E-state index contributed by atoms with van der Waals surface area (Å²) in [6, 6.07) is 0. The quantitative estimate of drug-likeness (QED) is 0.703. The van der Waals surface area contributed by atoms with Gasteiger partial charge < -0.3 is 9.72 Å². The van der Waals surface area contributed by atoms with Gasteiger partial charge in [0, 0.05) is 18.5 Å². The highest BCUT2D eigenvalue weighted by Crippen LogP contribution is 2.25. The fourth-order valence-electron chi connectivity index (χ4n) is 2.01. The van der Waals surface area contributed by atoms with Crippen LogP contribution < -0.4 is 0 Å². The average Bonchev–Trinajstić information content (AvgIpc) is 2.55. The molecule has 1 aliphatic rings. The zero-order valence-electron chi connectivity index (χ0n) is 8.85. The molecule has 0 spiro atoms. The monoisotopic (exact) mass is 207 g/mol. The van der Waals surface area contributed by atoms with Crippen molar-refractivity contribution >= 4 is 11.8 Å². The Hall–Kier alpha value is -1.58. The maximum atomic E-state index is 11.4. The van der Waals surface area contributed by atoms with Crippen LogP contribution in [-0.4, -0.2) is 23.8 Å². The minimum absolute atomic E-state index is 0.237. The number of methoxy groups -OCH3 is 1. The van der Waals surface area contributed by atoms with Crippen LogP contribution in [0.1, 0.15) is 33.7 Å². The van der Waals surface area contributed by atoms with Gasteiger partial charge in [0.15, 0.2) is 0 Å². The van der Waals surface area contributed by atoms with Crippen molar-refractivity contribution in [3.05, 3.63) is 22.5 Å². The van der Waals surface area contributed by atoms with Gasteiger partial charge in [0.05, 0.1) is 7.11 Å². The van der Waals surface area contributed by atoms with E-state index in [2.05, 4.69) is 9.72 Å². The van der Waals surface area contributed by atoms with Gasteiger partial charge in [0.25, 0.3) is 0 Å². The van der Waals surface area contributed by atoms with Crippen molar-refractivity contribution in [2.75, 3.05) is 7.11 Å². The molecule has 15 heavy (non-hydrogen) atoms. The molecule has 1 heterocycles. The lowest BCUT2D eigenvalue weighted by Crippen LogP contribution is -2.12. The lowest BCUT2D eigenvalue weighted by atomic mass is 9.94. The van der Waals surface area contributed by atoms with Crippen molar-refractivity contribution < 1.29 is 14.3 Å². The molecule has 1 N–H and O–H groups in total. The Morgan fingerprint density at radius 3 is 2.80 bits per heavy atom. The fourth-order valence-corrected chi connectivity index (χ4v) is 2.01. The molecule has 0 amide bonds. The van der Waals surface area contributed by atoms with Gasteiger partial charge in [-0.15, -0.1) is 0 Å². The van der Waals surface area contributed by atoms with E-state index < -0.39 is 0 Å². The number of H-pyrrole nitrogens is 1. The first-order valence-corrected chi connectivity index (χ1v) is 4.93. The summed E-state index contributed by atoms with van der Waals surface area (Å²) in [4.78, 5) is 25.7. The summed E-state index contributed by atoms with van der Waals surface area (Å²) in [6.45, 7) is 1.85. The predicted molar refractivity (Wildman–Crippen MR) is 53.9 cm³/mol. The van der Waals surface area contributed by atoms with Crippen LogP contribution in [0.4, 0.5) is 0 Å². The maximum Gasteiger partial charge on any atom is 0.354 e. The van der Waals surface area contributed by atoms with Gasteiger partial charge in [-0.25, -0.2) is 4.79 Å². The summed E-state index contributed by atoms with van der Waals surface area (Å²) >= 11 is 0. The van der Waals surface area contributed by atoms with Crippen LogP contribution in [-0.2, 0) is 22.4 Å². The summed E-state index contributed by atoms with van der Waals surface area (Å²) in [5.41, 5.74) is 3.32. The van der Waals surface area contributed by atoms with E-state index in [9.17, 15) is 9.59 Å². The molecule has 80 valence electrons. The topological polar surface area (TPSA) is 59.2 Å². The first-order valence-electron chi connectivity index (χ1n) is 4.93. The molecule has 0 saturated heterocycles. The van der Waals surface area contributed by atoms with Crippen LogP contribution in [0.25, 0.3) is 0 Å². The highest BCUT2D eigenvalue weighted by atomic mass is 16.5. The number of nitrogens with one attached hydrogen (secondary N) is 1. The highest BCUT2D eigenvalue weighted by molar-refractivity contribution is 5.91. The molecule has 1 aromatic rings. The molecule has 4 heteroatoms. The molecule has 0 saturated carbocycles. The number of hydrogen-bond donors (Lipinski definition) is 1. The van der Waals surface area contributed by atoms with Crippen molar-refractivity contribution in [2.45, 2.75) is 26.2 Å². The second kappa shape index (κ2) is 3.53. The molecule has 0 bridgehead atoms. The van der Waals surface area contributed by atoms with Gasteiger partial charge in [0.1, 0.15) is 11.5 Å². The first-order chi connectivity index (χ1) is 7.13. The van der Waals surface area contributed by atoms with Gasteiger partial charge >= 0.3 is 5.97 Å². The largest absolute Gasteiger partial charge is 0.464 e. The molecular formula is C11H13NO3. The van der Waals surface area contributed by atoms with Crippen molar-refractivity contribution in [1.29, 1.82) is 0 Å². The van der Waals surface area contributed by atoms with E-state index in [-0.39, 0.29) is 11.8 Å².